The van der Waals surface area contributed by atoms with E-state index in [4.69, 9.17) is 13.3 Å². The van der Waals surface area contributed by atoms with Gasteiger partial charge in [0.25, 0.3) is 0 Å². The lowest BCUT2D eigenvalue weighted by atomic mass is 10.3. The zero-order chi connectivity index (χ0) is 12.3. The molecule has 0 aromatic carbocycles. The predicted molar refractivity (Wildman–Crippen MR) is 68.6 cm³/mol. The van der Waals surface area contributed by atoms with Crippen LogP contribution in [-0.4, -0.2) is 43.2 Å². The lowest BCUT2D eigenvalue weighted by molar-refractivity contribution is 0.0959. The van der Waals surface area contributed by atoms with Crippen molar-refractivity contribution >= 4 is 8.80 Å². The van der Waals surface area contributed by atoms with Gasteiger partial charge in [-0.25, -0.2) is 0 Å². The Morgan fingerprint density at radius 1 is 1.06 bits per heavy atom. The van der Waals surface area contributed by atoms with Gasteiger partial charge in [-0.2, -0.15) is 0 Å². The predicted octanol–water partition coefficient (Wildman–Crippen LogP) is 2.03. The minimum absolute atomic E-state index is 0.751. The van der Waals surface area contributed by atoms with E-state index >= 15 is 0 Å². The summed E-state index contributed by atoms with van der Waals surface area (Å²) in [5.74, 6) is 0. The topological polar surface area (TPSA) is 39.7 Å². The van der Waals surface area contributed by atoms with Gasteiger partial charge in [0.05, 0.1) is 0 Å². The van der Waals surface area contributed by atoms with E-state index in [2.05, 4.69) is 12.2 Å². The maximum Gasteiger partial charge on any atom is 0.500 e. The van der Waals surface area contributed by atoms with Gasteiger partial charge in [-0.1, -0.05) is 19.8 Å². The van der Waals surface area contributed by atoms with Crippen LogP contribution in [0.3, 0.4) is 0 Å². The first-order chi connectivity index (χ1) is 7.74. The quantitative estimate of drug-likeness (QED) is 0.449. The maximum atomic E-state index is 5.84. The Balaban J connectivity index is 3.90. The SMILES string of the molecule is CCCCCO[Si](CCCNC)(OC)OC. The van der Waals surface area contributed by atoms with Crippen molar-refractivity contribution < 1.29 is 13.3 Å². The van der Waals surface area contributed by atoms with Crippen molar-refractivity contribution in [2.45, 2.75) is 38.7 Å². The largest absolute Gasteiger partial charge is 0.500 e. The first-order valence-corrected chi connectivity index (χ1v) is 8.06. The molecule has 0 atom stereocenters. The van der Waals surface area contributed by atoms with Gasteiger partial charge >= 0.3 is 8.80 Å². The van der Waals surface area contributed by atoms with Gasteiger partial charge in [-0.15, -0.1) is 0 Å². The van der Waals surface area contributed by atoms with Crippen molar-refractivity contribution in [1.82, 2.24) is 5.32 Å². The fourth-order valence-corrected chi connectivity index (χ4v) is 3.56. The summed E-state index contributed by atoms with van der Waals surface area (Å²) < 4.78 is 16.8. The average molecular weight is 249 g/mol. The highest BCUT2D eigenvalue weighted by atomic mass is 28.4. The average Bonchev–Trinajstić information content (AvgIpc) is 2.33. The lowest BCUT2D eigenvalue weighted by Gasteiger charge is -2.26. The summed E-state index contributed by atoms with van der Waals surface area (Å²) in [5.41, 5.74) is 0. The van der Waals surface area contributed by atoms with Gasteiger partial charge in [-0.3, -0.25) is 0 Å². The smallest absolute Gasteiger partial charge is 0.377 e. The Morgan fingerprint density at radius 2 is 1.75 bits per heavy atom. The summed E-state index contributed by atoms with van der Waals surface area (Å²) in [4.78, 5) is 0. The molecule has 0 saturated heterocycles. The van der Waals surface area contributed by atoms with Crippen molar-refractivity contribution in [2.24, 2.45) is 0 Å². The second-order valence-electron chi connectivity index (χ2n) is 3.85. The van der Waals surface area contributed by atoms with Crippen LogP contribution in [0.2, 0.25) is 6.04 Å². The minimum Gasteiger partial charge on any atom is -0.377 e. The highest BCUT2D eigenvalue weighted by Crippen LogP contribution is 2.16. The van der Waals surface area contributed by atoms with Gasteiger partial charge in [0, 0.05) is 26.9 Å². The fraction of sp³-hybridized carbons (Fsp3) is 1.00. The Hall–Kier alpha value is 0.0569. The third-order valence-corrected chi connectivity index (χ3v) is 5.46. The van der Waals surface area contributed by atoms with E-state index in [0.717, 1.165) is 32.0 Å². The zero-order valence-corrected chi connectivity index (χ0v) is 12.2. The van der Waals surface area contributed by atoms with Gasteiger partial charge in [0.15, 0.2) is 0 Å². The van der Waals surface area contributed by atoms with Crippen molar-refractivity contribution in [3.05, 3.63) is 0 Å². The number of rotatable bonds is 11. The molecule has 0 aromatic rings. The molecule has 0 fully saturated rings. The normalized spacial score (nSPS) is 12.0. The molecule has 1 N–H and O–H groups in total. The Bertz CT molecular complexity index is 154. The number of hydrogen-bond donors (Lipinski definition) is 1. The van der Waals surface area contributed by atoms with Crippen LogP contribution in [0, 0.1) is 0 Å². The summed E-state index contributed by atoms with van der Waals surface area (Å²) in [6.07, 6.45) is 4.52. The second kappa shape index (κ2) is 10.2. The summed E-state index contributed by atoms with van der Waals surface area (Å²) in [5, 5.41) is 3.12. The Morgan fingerprint density at radius 3 is 2.25 bits per heavy atom. The van der Waals surface area contributed by atoms with Gasteiger partial charge in [-0.05, 0) is 26.4 Å². The zero-order valence-electron chi connectivity index (χ0n) is 11.2. The van der Waals surface area contributed by atoms with Crippen LogP contribution in [0.15, 0.2) is 0 Å². The molecule has 16 heavy (non-hydrogen) atoms. The van der Waals surface area contributed by atoms with Crippen molar-refractivity contribution in [3.63, 3.8) is 0 Å². The van der Waals surface area contributed by atoms with E-state index < -0.39 is 8.80 Å². The molecular weight excluding hydrogens is 222 g/mol. The van der Waals surface area contributed by atoms with Gasteiger partial charge in [0.1, 0.15) is 0 Å². The molecule has 0 radical (unpaired) electrons. The Labute approximate surface area is 101 Å². The fourth-order valence-electron chi connectivity index (χ4n) is 1.54. The van der Waals surface area contributed by atoms with Gasteiger partial charge in [0.2, 0.25) is 0 Å². The molecule has 0 saturated carbocycles. The second-order valence-corrected chi connectivity index (χ2v) is 6.83. The van der Waals surface area contributed by atoms with Crippen LogP contribution in [0.5, 0.6) is 0 Å². The van der Waals surface area contributed by atoms with Crippen molar-refractivity contribution in [2.75, 3.05) is 34.4 Å². The molecule has 98 valence electrons. The van der Waals surface area contributed by atoms with E-state index in [-0.39, 0.29) is 0 Å². The molecule has 0 amide bonds. The third kappa shape index (κ3) is 6.60. The number of hydrogen-bond acceptors (Lipinski definition) is 4. The Kier molecular flexibility index (Phi) is 10.3. The molecule has 0 aliphatic heterocycles. The minimum atomic E-state index is -2.37. The van der Waals surface area contributed by atoms with Crippen LogP contribution in [0.1, 0.15) is 32.6 Å². The first kappa shape index (κ1) is 16.1. The molecule has 0 aliphatic carbocycles. The summed E-state index contributed by atoms with van der Waals surface area (Å²) in [6.45, 7) is 3.91. The van der Waals surface area contributed by atoms with Crippen LogP contribution in [0.25, 0.3) is 0 Å². The van der Waals surface area contributed by atoms with Crippen LogP contribution < -0.4 is 5.32 Å². The molecule has 0 bridgehead atoms. The molecule has 4 nitrogen and oxygen atoms in total. The summed E-state index contributed by atoms with van der Waals surface area (Å²) in [7, 11) is 2.96. The highest BCUT2D eigenvalue weighted by molar-refractivity contribution is 6.60. The number of unbranched alkanes of at least 4 members (excludes halogenated alkanes) is 2. The van der Waals surface area contributed by atoms with Crippen LogP contribution in [0.4, 0.5) is 0 Å². The molecular formula is C11H27NO3Si. The molecule has 0 heterocycles. The van der Waals surface area contributed by atoms with E-state index in [1.807, 2.05) is 7.05 Å². The van der Waals surface area contributed by atoms with E-state index in [9.17, 15) is 0 Å². The highest BCUT2D eigenvalue weighted by Gasteiger charge is 2.37. The summed E-state index contributed by atoms with van der Waals surface area (Å²) in [6, 6.07) is 0.882. The molecule has 0 aliphatic rings. The molecule has 0 rings (SSSR count). The monoisotopic (exact) mass is 249 g/mol. The maximum absolute atomic E-state index is 5.84. The lowest BCUT2D eigenvalue weighted by Crippen LogP contribution is -2.44. The van der Waals surface area contributed by atoms with Gasteiger partial charge < -0.3 is 18.6 Å². The van der Waals surface area contributed by atoms with Crippen LogP contribution >= 0.6 is 0 Å². The van der Waals surface area contributed by atoms with E-state index in [1.54, 1.807) is 14.2 Å². The molecule has 5 heteroatoms. The van der Waals surface area contributed by atoms with Crippen molar-refractivity contribution in [1.29, 1.82) is 0 Å². The molecule has 0 aromatic heterocycles. The summed E-state index contributed by atoms with van der Waals surface area (Å²) >= 11 is 0. The van der Waals surface area contributed by atoms with Crippen molar-refractivity contribution in [3.8, 4) is 0 Å². The van der Waals surface area contributed by atoms with E-state index in [1.165, 1.54) is 12.8 Å². The third-order valence-electron chi connectivity index (χ3n) is 2.60. The van der Waals surface area contributed by atoms with Crippen LogP contribution in [-0.2, 0) is 13.3 Å². The first-order valence-electron chi connectivity index (χ1n) is 6.13. The standard InChI is InChI=1S/C11H27NO3Si/c1-5-6-7-10-15-16(13-3,14-4)11-8-9-12-2/h12H,5-11H2,1-4H3. The van der Waals surface area contributed by atoms with E-state index in [0.29, 0.717) is 0 Å². The number of nitrogens with one attached hydrogen (secondary N) is 1. The molecule has 0 unspecified atom stereocenters. The molecule has 0 spiro atoms.